The van der Waals surface area contributed by atoms with Crippen molar-refractivity contribution in [3.8, 4) is 0 Å². The summed E-state index contributed by atoms with van der Waals surface area (Å²) in [4.78, 5) is 0. The fraction of sp³-hybridized carbons (Fsp3) is 1.00. The van der Waals surface area contributed by atoms with Crippen LogP contribution in [0.2, 0.25) is 0 Å². The van der Waals surface area contributed by atoms with Crippen molar-refractivity contribution in [1.82, 2.24) is 5.32 Å². The van der Waals surface area contributed by atoms with Gasteiger partial charge in [-0.2, -0.15) is 0 Å². The van der Waals surface area contributed by atoms with Crippen LogP contribution in [0.15, 0.2) is 0 Å². The highest BCUT2D eigenvalue weighted by Crippen LogP contribution is 2.45. The van der Waals surface area contributed by atoms with Gasteiger partial charge in [0.15, 0.2) is 0 Å². The first-order chi connectivity index (χ1) is 9.24. The van der Waals surface area contributed by atoms with E-state index >= 15 is 0 Å². The van der Waals surface area contributed by atoms with Crippen LogP contribution in [0.5, 0.6) is 0 Å². The summed E-state index contributed by atoms with van der Waals surface area (Å²) in [5, 5.41) is 3.92. The summed E-state index contributed by atoms with van der Waals surface area (Å²) in [6.45, 7) is 14.4. The third-order valence-corrected chi connectivity index (χ3v) is 4.82. The lowest BCUT2D eigenvalue weighted by Crippen LogP contribution is -2.46. The van der Waals surface area contributed by atoms with Gasteiger partial charge in [-0.3, -0.25) is 0 Å². The molecule has 0 radical (unpaired) electrons. The second-order valence-corrected chi connectivity index (χ2v) is 8.88. The van der Waals surface area contributed by atoms with Gasteiger partial charge in [0, 0.05) is 12.1 Å². The number of unbranched alkanes of at least 4 members (excludes halogenated alkanes) is 4. The minimum atomic E-state index is 0.500. The largest absolute Gasteiger partial charge is 0.311 e. The summed E-state index contributed by atoms with van der Waals surface area (Å²) in [7, 11) is 0. The van der Waals surface area contributed by atoms with Crippen LogP contribution in [-0.4, -0.2) is 12.1 Å². The van der Waals surface area contributed by atoms with Gasteiger partial charge >= 0.3 is 0 Å². The Balaban J connectivity index is 2.28. The lowest BCUT2D eigenvalue weighted by atomic mass is 9.63. The van der Waals surface area contributed by atoms with Gasteiger partial charge in [0.2, 0.25) is 0 Å². The number of hydrogen-bond acceptors (Lipinski definition) is 1. The standard InChI is InChI=1S/C19H39N/c1-7-8-9-10-11-12-16(2)20-17-13-18(3,4)15-19(5,6)14-17/h16-17,20H,7-15H2,1-6H3. The average Bonchev–Trinajstić information content (AvgIpc) is 2.24. The van der Waals surface area contributed by atoms with Crippen LogP contribution >= 0.6 is 0 Å². The molecule has 0 aliphatic heterocycles. The molecule has 20 heavy (non-hydrogen) atoms. The first-order valence-corrected chi connectivity index (χ1v) is 9.00. The van der Waals surface area contributed by atoms with Crippen LogP contribution in [0.25, 0.3) is 0 Å². The van der Waals surface area contributed by atoms with Crippen molar-refractivity contribution in [2.75, 3.05) is 0 Å². The molecule has 0 heterocycles. The molecule has 0 saturated heterocycles. The van der Waals surface area contributed by atoms with Gasteiger partial charge < -0.3 is 5.32 Å². The maximum atomic E-state index is 3.92. The molecule has 1 nitrogen and oxygen atoms in total. The van der Waals surface area contributed by atoms with Crippen molar-refractivity contribution >= 4 is 0 Å². The maximum Gasteiger partial charge on any atom is 0.00797 e. The Morgan fingerprint density at radius 3 is 2.05 bits per heavy atom. The van der Waals surface area contributed by atoms with E-state index in [1.807, 2.05) is 0 Å². The van der Waals surface area contributed by atoms with Crippen LogP contribution in [0.4, 0.5) is 0 Å². The molecular weight excluding hydrogens is 242 g/mol. The molecule has 120 valence electrons. The first kappa shape index (κ1) is 18.0. The van der Waals surface area contributed by atoms with Crippen molar-refractivity contribution in [3.05, 3.63) is 0 Å². The summed E-state index contributed by atoms with van der Waals surface area (Å²) in [5.74, 6) is 0. The van der Waals surface area contributed by atoms with E-state index in [0.717, 1.165) is 6.04 Å². The van der Waals surface area contributed by atoms with Gasteiger partial charge in [0.25, 0.3) is 0 Å². The lowest BCUT2D eigenvalue weighted by molar-refractivity contribution is 0.0805. The van der Waals surface area contributed by atoms with Gasteiger partial charge in [-0.25, -0.2) is 0 Å². The highest BCUT2D eigenvalue weighted by molar-refractivity contribution is 4.92. The van der Waals surface area contributed by atoms with Crippen LogP contribution in [0, 0.1) is 10.8 Å². The van der Waals surface area contributed by atoms with E-state index in [4.69, 9.17) is 0 Å². The van der Waals surface area contributed by atoms with Crippen LogP contribution in [-0.2, 0) is 0 Å². The number of hydrogen-bond donors (Lipinski definition) is 1. The molecule has 0 aromatic rings. The van der Waals surface area contributed by atoms with Crippen molar-refractivity contribution < 1.29 is 0 Å². The molecule has 0 amide bonds. The predicted molar refractivity (Wildman–Crippen MR) is 91.2 cm³/mol. The average molecular weight is 282 g/mol. The predicted octanol–water partition coefficient (Wildman–Crippen LogP) is 5.93. The normalized spacial score (nSPS) is 23.7. The second kappa shape index (κ2) is 7.82. The smallest absolute Gasteiger partial charge is 0.00797 e. The molecule has 0 spiro atoms. The molecule has 0 bridgehead atoms. The van der Waals surface area contributed by atoms with E-state index in [2.05, 4.69) is 46.9 Å². The summed E-state index contributed by atoms with van der Waals surface area (Å²) in [6.07, 6.45) is 12.4. The van der Waals surface area contributed by atoms with Crippen molar-refractivity contribution in [1.29, 1.82) is 0 Å². The zero-order valence-corrected chi connectivity index (χ0v) is 15.0. The SMILES string of the molecule is CCCCCCCC(C)NC1CC(C)(C)CC(C)(C)C1. The van der Waals surface area contributed by atoms with Gasteiger partial charge in [-0.1, -0.05) is 66.7 Å². The topological polar surface area (TPSA) is 12.0 Å². The van der Waals surface area contributed by atoms with E-state index in [1.165, 1.54) is 57.8 Å². The van der Waals surface area contributed by atoms with E-state index in [9.17, 15) is 0 Å². The van der Waals surface area contributed by atoms with E-state index < -0.39 is 0 Å². The monoisotopic (exact) mass is 281 g/mol. The Kier molecular flexibility index (Phi) is 7.04. The first-order valence-electron chi connectivity index (χ1n) is 9.00. The van der Waals surface area contributed by atoms with E-state index in [1.54, 1.807) is 0 Å². The quantitative estimate of drug-likeness (QED) is 0.544. The highest BCUT2D eigenvalue weighted by Gasteiger charge is 2.38. The Hall–Kier alpha value is -0.0400. The Bertz CT molecular complexity index is 251. The molecular formula is C19H39N. The van der Waals surface area contributed by atoms with Gasteiger partial charge in [-0.05, 0) is 43.4 Å². The van der Waals surface area contributed by atoms with Crippen LogP contribution in [0.1, 0.15) is 99.3 Å². The molecule has 1 rings (SSSR count). The van der Waals surface area contributed by atoms with Gasteiger partial charge in [0.05, 0.1) is 0 Å². The molecule has 1 saturated carbocycles. The van der Waals surface area contributed by atoms with Gasteiger partial charge in [-0.15, -0.1) is 0 Å². The zero-order valence-electron chi connectivity index (χ0n) is 15.0. The maximum absolute atomic E-state index is 3.92. The Labute approximate surface area is 128 Å². The molecule has 1 aliphatic rings. The van der Waals surface area contributed by atoms with E-state index in [-0.39, 0.29) is 0 Å². The minimum absolute atomic E-state index is 0.500. The van der Waals surface area contributed by atoms with Crippen molar-refractivity contribution in [2.24, 2.45) is 10.8 Å². The summed E-state index contributed by atoms with van der Waals surface area (Å²) >= 11 is 0. The molecule has 0 aromatic heterocycles. The Morgan fingerprint density at radius 1 is 0.950 bits per heavy atom. The fourth-order valence-corrected chi connectivity index (χ4v) is 4.50. The third-order valence-electron chi connectivity index (χ3n) is 4.82. The number of nitrogens with one attached hydrogen (secondary N) is 1. The molecule has 1 fully saturated rings. The second-order valence-electron chi connectivity index (χ2n) is 8.88. The van der Waals surface area contributed by atoms with E-state index in [0.29, 0.717) is 16.9 Å². The van der Waals surface area contributed by atoms with Gasteiger partial charge in [0.1, 0.15) is 0 Å². The lowest BCUT2D eigenvalue weighted by Gasteiger charge is -2.46. The Morgan fingerprint density at radius 2 is 1.50 bits per heavy atom. The molecule has 1 aliphatic carbocycles. The molecule has 1 N–H and O–H groups in total. The highest BCUT2D eigenvalue weighted by atomic mass is 14.9. The third kappa shape index (κ3) is 7.11. The minimum Gasteiger partial charge on any atom is -0.311 e. The molecule has 0 aromatic carbocycles. The summed E-state index contributed by atoms with van der Waals surface area (Å²) in [5.41, 5.74) is 1.00. The molecule has 1 heteroatoms. The summed E-state index contributed by atoms with van der Waals surface area (Å²) in [6, 6.07) is 1.41. The number of rotatable bonds is 8. The molecule has 1 atom stereocenters. The van der Waals surface area contributed by atoms with Crippen molar-refractivity contribution in [3.63, 3.8) is 0 Å². The zero-order chi connectivity index (χ0) is 15.2. The van der Waals surface area contributed by atoms with Crippen LogP contribution < -0.4 is 5.32 Å². The fourth-order valence-electron chi connectivity index (χ4n) is 4.50. The van der Waals surface area contributed by atoms with Crippen LogP contribution in [0.3, 0.4) is 0 Å². The summed E-state index contributed by atoms with van der Waals surface area (Å²) < 4.78 is 0. The molecule has 1 unspecified atom stereocenters. The van der Waals surface area contributed by atoms with Crippen molar-refractivity contribution in [2.45, 2.75) is 111 Å².